The van der Waals surface area contributed by atoms with Crippen molar-refractivity contribution in [3.8, 4) is 0 Å². The summed E-state index contributed by atoms with van der Waals surface area (Å²) in [4.78, 5) is 34.0. The highest BCUT2D eigenvalue weighted by Gasteiger charge is 2.30. The molecule has 0 aliphatic carbocycles. The summed E-state index contributed by atoms with van der Waals surface area (Å²) >= 11 is 0. The highest BCUT2D eigenvalue weighted by Crippen LogP contribution is 2.27. The van der Waals surface area contributed by atoms with Crippen LogP contribution in [0, 0.1) is 0 Å². The van der Waals surface area contributed by atoms with Crippen LogP contribution in [0.3, 0.4) is 0 Å². The number of imide groups is 1. The fraction of sp³-hybridized carbons (Fsp3) is 0.250. The van der Waals surface area contributed by atoms with Gasteiger partial charge in [0, 0.05) is 23.7 Å². The first-order chi connectivity index (χ1) is 9.19. The molecule has 1 atom stereocenters. The van der Waals surface area contributed by atoms with Gasteiger partial charge in [-0.2, -0.15) is 0 Å². The molecule has 1 unspecified atom stereocenters. The Hall–Kier alpha value is -2.57. The first kappa shape index (κ1) is 11.5. The summed E-state index contributed by atoms with van der Waals surface area (Å²) in [6.45, 7) is 0. The van der Waals surface area contributed by atoms with Gasteiger partial charge in [0.25, 0.3) is 0 Å². The monoisotopic (exact) mass is 258 g/mol. The highest BCUT2D eigenvalue weighted by atomic mass is 16.2. The largest absolute Gasteiger partial charge is 0.298 e. The van der Waals surface area contributed by atoms with Gasteiger partial charge in [-0.25, -0.2) is 0 Å². The van der Waals surface area contributed by atoms with Gasteiger partial charge in [-0.1, -0.05) is 0 Å². The quantitative estimate of drug-likeness (QED) is 0.607. The van der Waals surface area contributed by atoms with E-state index in [0.717, 1.165) is 0 Å². The van der Waals surface area contributed by atoms with Gasteiger partial charge in [0.1, 0.15) is 6.33 Å². The Labute approximate surface area is 107 Å². The minimum Gasteiger partial charge on any atom is -0.298 e. The van der Waals surface area contributed by atoms with Crippen molar-refractivity contribution in [3.63, 3.8) is 0 Å². The number of aromatic nitrogens is 3. The van der Waals surface area contributed by atoms with Crippen molar-refractivity contribution >= 4 is 23.7 Å². The van der Waals surface area contributed by atoms with Crippen molar-refractivity contribution in [2.45, 2.75) is 18.8 Å². The molecule has 1 aliphatic heterocycles. The van der Waals surface area contributed by atoms with E-state index in [1.807, 2.05) is 0 Å². The van der Waals surface area contributed by atoms with Crippen LogP contribution in [-0.2, 0) is 9.59 Å². The molecule has 2 aromatic rings. The van der Waals surface area contributed by atoms with Crippen LogP contribution in [0.2, 0.25) is 0 Å². The minimum atomic E-state index is -0.482. The number of hydrogen-bond acceptors (Lipinski definition) is 5. The zero-order chi connectivity index (χ0) is 13.4. The van der Waals surface area contributed by atoms with Crippen molar-refractivity contribution in [2.75, 3.05) is 0 Å². The molecule has 0 radical (unpaired) electrons. The lowest BCUT2D eigenvalue weighted by atomic mass is 9.90. The Morgan fingerprint density at radius 3 is 3.00 bits per heavy atom. The zero-order valence-corrected chi connectivity index (χ0v) is 9.87. The van der Waals surface area contributed by atoms with Crippen molar-refractivity contribution in [1.82, 2.24) is 19.9 Å². The lowest BCUT2D eigenvalue weighted by molar-refractivity contribution is -0.134. The van der Waals surface area contributed by atoms with E-state index >= 15 is 0 Å². The molecule has 2 aromatic heterocycles. The summed E-state index contributed by atoms with van der Waals surface area (Å²) in [7, 11) is 0. The van der Waals surface area contributed by atoms with E-state index in [2.05, 4.69) is 15.5 Å². The number of nitrogens with zero attached hydrogens (tertiary/aromatic N) is 3. The number of carbonyl (C=O) groups excluding carboxylic acids is 3. The molecule has 0 saturated carbocycles. The highest BCUT2D eigenvalue weighted by molar-refractivity contribution is 6.01. The van der Waals surface area contributed by atoms with Gasteiger partial charge in [-0.3, -0.25) is 24.1 Å². The third-order valence-corrected chi connectivity index (χ3v) is 3.19. The average Bonchev–Trinajstić information content (AvgIpc) is 2.86. The maximum Gasteiger partial charge on any atom is 0.234 e. The Balaban J connectivity index is 2.13. The van der Waals surface area contributed by atoms with Crippen LogP contribution in [0.5, 0.6) is 0 Å². The second-order valence-corrected chi connectivity index (χ2v) is 4.41. The number of piperidine rings is 1. The summed E-state index contributed by atoms with van der Waals surface area (Å²) in [5.41, 5.74) is 1.58. The molecule has 0 aromatic carbocycles. The number of hydrogen-bond donors (Lipinski definition) is 1. The van der Waals surface area contributed by atoms with E-state index < -0.39 is 5.92 Å². The van der Waals surface area contributed by atoms with Gasteiger partial charge in [0.15, 0.2) is 11.9 Å². The number of aldehydes is 1. The maximum atomic E-state index is 11.9. The van der Waals surface area contributed by atoms with Crippen LogP contribution in [0.25, 0.3) is 5.65 Å². The lowest BCUT2D eigenvalue weighted by Crippen LogP contribution is -2.39. The van der Waals surface area contributed by atoms with Crippen LogP contribution < -0.4 is 5.32 Å². The number of amides is 2. The molecule has 7 nitrogen and oxygen atoms in total. The number of fused-ring (bicyclic) bond motifs is 1. The van der Waals surface area contributed by atoms with Gasteiger partial charge >= 0.3 is 0 Å². The van der Waals surface area contributed by atoms with Crippen molar-refractivity contribution in [2.24, 2.45) is 0 Å². The van der Waals surface area contributed by atoms with Crippen LogP contribution >= 0.6 is 0 Å². The van der Waals surface area contributed by atoms with E-state index in [-0.39, 0.29) is 18.2 Å². The maximum absolute atomic E-state index is 11.9. The lowest BCUT2D eigenvalue weighted by Gasteiger charge is -2.21. The summed E-state index contributed by atoms with van der Waals surface area (Å²) < 4.78 is 1.60. The van der Waals surface area contributed by atoms with Gasteiger partial charge in [-0.15, -0.1) is 10.2 Å². The standard InChI is InChI=1S/C12H10N4O3/c17-5-7-3-9(11-15-13-6-16(11)4-7)8-1-2-10(18)14-12(8)19/h3-6,8H,1-2H2,(H,14,18,19). The second-order valence-electron chi connectivity index (χ2n) is 4.41. The molecule has 1 aliphatic rings. The van der Waals surface area contributed by atoms with Crippen LogP contribution in [0.15, 0.2) is 18.6 Å². The summed E-state index contributed by atoms with van der Waals surface area (Å²) in [5.74, 6) is -1.11. The summed E-state index contributed by atoms with van der Waals surface area (Å²) in [6, 6.07) is 1.62. The molecular weight excluding hydrogens is 248 g/mol. The van der Waals surface area contributed by atoms with E-state index in [1.165, 1.54) is 6.33 Å². The molecule has 7 heteroatoms. The van der Waals surface area contributed by atoms with E-state index in [4.69, 9.17) is 0 Å². The predicted molar refractivity (Wildman–Crippen MR) is 63.5 cm³/mol. The SMILES string of the molecule is O=Cc1cc(C2CCC(=O)NC2=O)c2nncn2c1. The van der Waals surface area contributed by atoms with Crippen LogP contribution in [0.1, 0.15) is 34.7 Å². The third kappa shape index (κ3) is 1.88. The number of nitrogens with one attached hydrogen (secondary N) is 1. The topological polar surface area (TPSA) is 93.4 Å². The average molecular weight is 258 g/mol. The van der Waals surface area contributed by atoms with E-state index in [9.17, 15) is 14.4 Å². The zero-order valence-electron chi connectivity index (χ0n) is 9.87. The van der Waals surface area contributed by atoms with Crippen molar-refractivity contribution in [3.05, 3.63) is 29.7 Å². The first-order valence-electron chi connectivity index (χ1n) is 5.81. The number of carbonyl (C=O) groups is 3. The Morgan fingerprint density at radius 1 is 1.42 bits per heavy atom. The predicted octanol–water partition coefficient (Wildman–Crippen LogP) is 0.0620. The molecule has 3 rings (SSSR count). The van der Waals surface area contributed by atoms with Gasteiger partial charge in [0.2, 0.25) is 11.8 Å². The molecule has 1 N–H and O–H groups in total. The molecule has 2 amide bonds. The van der Waals surface area contributed by atoms with Crippen LogP contribution in [0.4, 0.5) is 0 Å². The molecule has 19 heavy (non-hydrogen) atoms. The normalized spacial score (nSPS) is 19.5. The van der Waals surface area contributed by atoms with Crippen LogP contribution in [-0.4, -0.2) is 32.7 Å². The molecule has 3 heterocycles. The third-order valence-electron chi connectivity index (χ3n) is 3.19. The van der Waals surface area contributed by atoms with Crippen molar-refractivity contribution < 1.29 is 14.4 Å². The van der Waals surface area contributed by atoms with E-state index in [1.54, 1.807) is 16.7 Å². The Morgan fingerprint density at radius 2 is 2.26 bits per heavy atom. The number of rotatable bonds is 2. The van der Waals surface area contributed by atoms with Gasteiger partial charge in [0.05, 0.1) is 5.92 Å². The molecule has 1 saturated heterocycles. The summed E-state index contributed by atoms with van der Waals surface area (Å²) in [5, 5.41) is 10.0. The molecule has 96 valence electrons. The molecular formula is C12H10N4O3. The second kappa shape index (κ2) is 4.27. The Kier molecular flexibility index (Phi) is 2.59. The summed E-state index contributed by atoms with van der Waals surface area (Å²) in [6.07, 6.45) is 4.46. The fourth-order valence-electron chi connectivity index (χ4n) is 2.30. The van der Waals surface area contributed by atoms with E-state index in [0.29, 0.717) is 29.5 Å². The minimum absolute atomic E-state index is 0.273. The molecule has 1 fully saturated rings. The van der Waals surface area contributed by atoms with Gasteiger partial charge in [-0.05, 0) is 12.5 Å². The number of pyridine rings is 1. The fourth-order valence-corrected chi connectivity index (χ4v) is 2.30. The van der Waals surface area contributed by atoms with Crippen molar-refractivity contribution in [1.29, 1.82) is 0 Å². The molecule has 0 bridgehead atoms. The Bertz CT molecular complexity index is 691. The first-order valence-corrected chi connectivity index (χ1v) is 5.81. The smallest absolute Gasteiger partial charge is 0.234 e. The molecule has 0 spiro atoms. The van der Waals surface area contributed by atoms with Gasteiger partial charge < -0.3 is 0 Å².